The lowest BCUT2D eigenvalue weighted by atomic mass is 10.1. The first kappa shape index (κ1) is 16.5. The van der Waals surface area contributed by atoms with Crippen LogP contribution < -0.4 is 0 Å². The summed E-state index contributed by atoms with van der Waals surface area (Å²) in [4.78, 5) is 11.7. The van der Waals surface area contributed by atoms with Gasteiger partial charge in [0, 0.05) is 13.1 Å². The lowest BCUT2D eigenvalue weighted by Gasteiger charge is -2.26. The summed E-state index contributed by atoms with van der Waals surface area (Å²) in [5.74, 6) is -0.0303. The van der Waals surface area contributed by atoms with Gasteiger partial charge in [0.2, 0.25) is 0 Å². The van der Waals surface area contributed by atoms with Crippen molar-refractivity contribution in [1.29, 1.82) is 0 Å². The Bertz CT molecular complexity index is 666. The van der Waals surface area contributed by atoms with Gasteiger partial charge in [0.25, 0.3) is 6.17 Å². The predicted octanol–water partition coefficient (Wildman–Crippen LogP) is 2.85. The molecule has 9 heteroatoms. The molecule has 1 aromatic heterocycles. The van der Waals surface area contributed by atoms with Crippen LogP contribution in [0.1, 0.15) is 19.6 Å². The van der Waals surface area contributed by atoms with Gasteiger partial charge in [-0.3, -0.25) is 10.1 Å². The zero-order valence-corrected chi connectivity index (χ0v) is 13.9. The molecule has 0 bridgehead atoms. The van der Waals surface area contributed by atoms with Crippen LogP contribution in [0.3, 0.4) is 0 Å². The Kier molecular flexibility index (Phi) is 4.57. The van der Waals surface area contributed by atoms with Crippen LogP contribution in [-0.4, -0.2) is 43.1 Å². The quantitative estimate of drug-likeness (QED) is 0.208. The minimum absolute atomic E-state index is 0.306. The zero-order valence-electron chi connectivity index (χ0n) is 12.3. The van der Waals surface area contributed by atoms with Gasteiger partial charge in [0.15, 0.2) is 6.21 Å². The molecule has 118 valence electrons. The van der Waals surface area contributed by atoms with Crippen molar-refractivity contribution in [2.45, 2.75) is 24.8 Å². The highest BCUT2D eigenvalue weighted by Gasteiger charge is 2.48. The van der Waals surface area contributed by atoms with E-state index in [9.17, 15) is 15.3 Å². The summed E-state index contributed by atoms with van der Waals surface area (Å²) in [5.41, 5.74) is 0. The Morgan fingerprint density at radius 1 is 1.45 bits per heavy atom. The molecule has 1 saturated heterocycles. The molecule has 0 unspecified atom stereocenters. The third-order valence-corrected chi connectivity index (χ3v) is 4.89. The molecular formula is C13H15N3O4S2. The zero-order chi connectivity index (χ0) is 16.5. The third-order valence-electron chi connectivity index (χ3n) is 3.15. The van der Waals surface area contributed by atoms with Gasteiger partial charge < -0.3 is 14.5 Å². The monoisotopic (exact) mass is 341 g/mol. The van der Waals surface area contributed by atoms with Crippen molar-refractivity contribution in [3.8, 4) is 0 Å². The van der Waals surface area contributed by atoms with Crippen molar-refractivity contribution in [3.63, 3.8) is 0 Å². The first-order valence-corrected chi connectivity index (χ1v) is 7.62. The molecular weight excluding hydrogens is 326 g/mol. The van der Waals surface area contributed by atoms with E-state index in [4.69, 9.17) is 16.6 Å². The van der Waals surface area contributed by atoms with Crippen LogP contribution in [0, 0.1) is 15.3 Å². The molecule has 7 nitrogen and oxygen atoms in total. The number of allylic oxidation sites excluding steroid dienone is 1. The first-order chi connectivity index (χ1) is 10.2. The van der Waals surface area contributed by atoms with E-state index in [1.165, 1.54) is 42.3 Å². The van der Waals surface area contributed by atoms with Crippen LogP contribution >= 0.6 is 24.0 Å². The fraction of sp³-hybridized carbons (Fsp3) is 0.385. The van der Waals surface area contributed by atoms with Crippen molar-refractivity contribution in [3.05, 3.63) is 39.3 Å². The average molecular weight is 341 g/mol. The topological polar surface area (TPSA) is 85.6 Å². The van der Waals surface area contributed by atoms with Crippen LogP contribution in [-0.2, 0) is 0 Å². The second-order valence-corrected chi connectivity index (χ2v) is 7.55. The van der Waals surface area contributed by atoms with E-state index in [-0.39, 0.29) is 10.6 Å². The molecule has 1 aliphatic rings. The minimum atomic E-state index is -0.616. The highest BCUT2D eigenvalue weighted by Crippen LogP contribution is 2.40. The number of thiocarbonyl (C=S) groups is 1. The summed E-state index contributed by atoms with van der Waals surface area (Å²) in [6.45, 7) is 3.91. The SMILES string of the molecule is CN1C(=S)SC(C)(C)[C@@H]1/[N+]([O-])=C\C=C\c1ccc([N+](=O)[O-])o1. The molecule has 0 aromatic carbocycles. The lowest BCUT2D eigenvalue weighted by Crippen LogP contribution is -2.45. The maximum Gasteiger partial charge on any atom is 0.433 e. The van der Waals surface area contributed by atoms with E-state index >= 15 is 0 Å². The van der Waals surface area contributed by atoms with Gasteiger partial charge in [-0.25, -0.2) is 0 Å². The number of hydroxylamine groups is 1. The minimum Gasteiger partial charge on any atom is -0.622 e. The molecule has 0 amide bonds. The Morgan fingerprint density at radius 3 is 2.64 bits per heavy atom. The molecule has 22 heavy (non-hydrogen) atoms. The number of hydrogen-bond acceptors (Lipinski definition) is 6. The fourth-order valence-corrected chi connectivity index (χ4v) is 4.03. The Labute approximate surface area is 137 Å². The van der Waals surface area contributed by atoms with Gasteiger partial charge in [0.1, 0.15) is 19.8 Å². The second-order valence-electron chi connectivity index (χ2n) is 5.26. The summed E-state index contributed by atoms with van der Waals surface area (Å²) in [7, 11) is 1.78. The van der Waals surface area contributed by atoms with Gasteiger partial charge in [0.05, 0.1) is 6.07 Å². The smallest absolute Gasteiger partial charge is 0.433 e. The molecule has 0 spiro atoms. The number of rotatable bonds is 4. The number of nitro groups is 1. The number of hydrogen-bond donors (Lipinski definition) is 0. The fourth-order valence-electron chi connectivity index (χ4n) is 2.23. The van der Waals surface area contributed by atoms with Crippen molar-refractivity contribution < 1.29 is 14.1 Å². The van der Waals surface area contributed by atoms with Crippen molar-refractivity contribution in [2.75, 3.05) is 7.05 Å². The van der Waals surface area contributed by atoms with Crippen molar-refractivity contribution in [2.24, 2.45) is 0 Å². The molecule has 1 fully saturated rings. The Hall–Kier alpha value is -1.87. The molecule has 0 radical (unpaired) electrons. The molecule has 1 atom stereocenters. The van der Waals surface area contributed by atoms with Crippen LogP contribution in [0.15, 0.2) is 22.6 Å². The lowest BCUT2D eigenvalue weighted by molar-refractivity contribution is -0.521. The van der Waals surface area contributed by atoms with Crippen molar-refractivity contribution in [1.82, 2.24) is 4.90 Å². The normalized spacial score (nSPS) is 21.8. The number of furan rings is 1. The van der Waals surface area contributed by atoms with E-state index in [1.54, 1.807) is 11.9 Å². The number of nitrogens with zero attached hydrogens (tertiary/aromatic N) is 3. The summed E-state index contributed by atoms with van der Waals surface area (Å²) in [5, 5.41) is 22.8. The van der Waals surface area contributed by atoms with E-state index in [0.29, 0.717) is 10.1 Å². The summed E-state index contributed by atoms with van der Waals surface area (Å²) < 4.78 is 6.13. The van der Waals surface area contributed by atoms with Crippen LogP contribution in [0.2, 0.25) is 0 Å². The molecule has 1 aromatic rings. The third kappa shape index (κ3) is 3.30. The van der Waals surface area contributed by atoms with Crippen molar-refractivity contribution >= 4 is 46.5 Å². The maximum atomic E-state index is 12.3. The Balaban J connectivity index is 2.13. The summed E-state index contributed by atoms with van der Waals surface area (Å²) >= 11 is 6.70. The van der Waals surface area contributed by atoms with E-state index in [0.717, 1.165) is 4.74 Å². The molecule has 0 saturated carbocycles. The molecule has 2 heterocycles. The summed E-state index contributed by atoms with van der Waals surface area (Å²) in [6.07, 6.45) is 3.92. The average Bonchev–Trinajstić information content (AvgIpc) is 2.93. The van der Waals surface area contributed by atoms with E-state index < -0.39 is 11.1 Å². The van der Waals surface area contributed by atoms with Gasteiger partial charge >= 0.3 is 5.88 Å². The largest absolute Gasteiger partial charge is 0.622 e. The highest BCUT2D eigenvalue weighted by atomic mass is 32.2. The maximum absolute atomic E-state index is 12.3. The second kappa shape index (κ2) is 6.09. The standard InChI is InChI=1S/C13H15N3O4S2/c1-13(2)11(14(3)12(21)22-13)15(17)8-4-5-9-6-7-10(20-9)16(18)19/h4-8,11H,1-3H3/b5-4+,15-8+/t11-/m0/s1. The van der Waals surface area contributed by atoms with Gasteiger partial charge in [-0.1, -0.05) is 24.0 Å². The molecule has 0 N–H and O–H groups in total. The van der Waals surface area contributed by atoms with Crippen LogP contribution in [0.5, 0.6) is 0 Å². The molecule has 2 rings (SSSR count). The molecule has 1 aliphatic heterocycles. The van der Waals surface area contributed by atoms with Crippen LogP contribution in [0.25, 0.3) is 6.08 Å². The van der Waals surface area contributed by atoms with Gasteiger partial charge in [-0.05, 0) is 26.0 Å². The first-order valence-electron chi connectivity index (χ1n) is 6.39. The molecule has 0 aliphatic carbocycles. The predicted molar refractivity (Wildman–Crippen MR) is 89.9 cm³/mol. The van der Waals surface area contributed by atoms with Gasteiger partial charge in [-0.15, -0.1) is 0 Å². The summed E-state index contributed by atoms with van der Waals surface area (Å²) in [6, 6.07) is 2.73. The number of thioether (sulfide) groups is 1. The van der Waals surface area contributed by atoms with E-state index in [1.807, 2.05) is 13.8 Å². The Morgan fingerprint density at radius 2 is 2.14 bits per heavy atom. The van der Waals surface area contributed by atoms with Crippen LogP contribution in [0.4, 0.5) is 5.88 Å². The van der Waals surface area contributed by atoms with E-state index in [2.05, 4.69) is 0 Å². The van der Waals surface area contributed by atoms with Gasteiger partial charge in [-0.2, -0.15) is 4.74 Å². The highest BCUT2D eigenvalue weighted by molar-refractivity contribution is 8.24.